The molecule has 2 N–H and O–H groups in total. The Bertz CT molecular complexity index is 529. The second-order valence-corrected chi connectivity index (χ2v) is 5.44. The molecule has 2 nitrogen and oxygen atoms in total. The number of aromatic nitrogens is 1. The molecule has 0 bridgehead atoms. The number of nitrogens with zero attached hydrogens (tertiary/aromatic N) is 1. The van der Waals surface area contributed by atoms with Gasteiger partial charge in [-0.3, -0.25) is 4.98 Å². The van der Waals surface area contributed by atoms with Gasteiger partial charge in [-0.05, 0) is 54.7 Å². The van der Waals surface area contributed by atoms with Crippen LogP contribution in [0.4, 0.5) is 0 Å². The van der Waals surface area contributed by atoms with Crippen LogP contribution in [-0.2, 0) is 12.8 Å². The van der Waals surface area contributed by atoms with Gasteiger partial charge in [0, 0.05) is 28.5 Å². The van der Waals surface area contributed by atoms with E-state index in [1.54, 1.807) is 12.3 Å². The molecule has 1 aromatic carbocycles. The Labute approximate surface area is 123 Å². The van der Waals surface area contributed by atoms with Gasteiger partial charge >= 0.3 is 0 Å². The summed E-state index contributed by atoms with van der Waals surface area (Å²) in [4.78, 5) is 4.09. The van der Waals surface area contributed by atoms with Crippen molar-refractivity contribution < 1.29 is 0 Å². The third-order valence-electron chi connectivity index (χ3n) is 3.02. The van der Waals surface area contributed by atoms with Crippen LogP contribution in [-0.4, -0.2) is 11.0 Å². The van der Waals surface area contributed by atoms with E-state index in [0.29, 0.717) is 5.02 Å². The highest BCUT2D eigenvalue weighted by atomic mass is 35.5. The van der Waals surface area contributed by atoms with Crippen LogP contribution in [0.2, 0.25) is 10.0 Å². The number of aryl methyl sites for hydroxylation is 1. The molecule has 19 heavy (non-hydrogen) atoms. The van der Waals surface area contributed by atoms with Crippen LogP contribution in [0.5, 0.6) is 0 Å². The van der Waals surface area contributed by atoms with Gasteiger partial charge in [0.05, 0.1) is 0 Å². The predicted molar refractivity (Wildman–Crippen MR) is 80.7 cm³/mol. The maximum Gasteiger partial charge on any atom is 0.0439 e. The molecule has 0 saturated carbocycles. The summed E-state index contributed by atoms with van der Waals surface area (Å²) in [7, 11) is 0. The number of benzene rings is 1. The van der Waals surface area contributed by atoms with E-state index in [1.807, 2.05) is 24.4 Å². The smallest absolute Gasteiger partial charge is 0.0439 e. The molecule has 0 aliphatic rings. The molecule has 2 rings (SSSR count). The Morgan fingerprint density at radius 1 is 1.21 bits per heavy atom. The summed E-state index contributed by atoms with van der Waals surface area (Å²) in [5, 5.41) is 1.42. The lowest BCUT2D eigenvalue weighted by Gasteiger charge is -2.13. The van der Waals surface area contributed by atoms with Gasteiger partial charge in [-0.15, -0.1) is 0 Å². The van der Waals surface area contributed by atoms with Gasteiger partial charge in [0.2, 0.25) is 0 Å². The first kappa shape index (κ1) is 14.3. The topological polar surface area (TPSA) is 38.9 Å². The first-order chi connectivity index (χ1) is 9.15. The maximum absolute atomic E-state index is 6.15. The van der Waals surface area contributed by atoms with Gasteiger partial charge in [-0.2, -0.15) is 0 Å². The summed E-state index contributed by atoms with van der Waals surface area (Å²) < 4.78 is 0. The number of rotatable bonds is 5. The summed E-state index contributed by atoms with van der Waals surface area (Å²) in [5.74, 6) is 0. The third-order valence-corrected chi connectivity index (χ3v) is 3.62. The van der Waals surface area contributed by atoms with E-state index >= 15 is 0 Å². The summed E-state index contributed by atoms with van der Waals surface area (Å²) in [6.07, 6.45) is 6.20. The average molecular weight is 295 g/mol. The van der Waals surface area contributed by atoms with Crippen molar-refractivity contribution >= 4 is 23.2 Å². The first-order valence-corrected chi connectivity index (χ1v) is 6.99. The summed E-state index contributed by atoms with van der Waals surface area (Å²) >= 11 is 12.1. The zero-order valence-corrected chi connectivity index (χ0v) is 12.0. The van der Waals surface area contributed by atoms with Crippen LogP contribution >= 0.6 is 23.2 Å². The molecule has 0 aliphatic heterocycles. The molecule has 0 radical (unpaired) electrons. The fraction of sp³-hybridized carbons (Fsp3) is 0.267. The van der Waals surface area contributed by atoms with Crippen LogP contribution in [0, 0.1) is 0 Å². The number of hydrogen-bond donors (Lipinski definition) is 1. The van der Waals surface area contributed by atoms with Gasteiger partial charge in [0.15, 0.2) is 0 Å². The van der Waals surface area contributed by atoms with Crippen LogP contribution < -0.4 is 5.73 Å². The molecule has 1 atom stereocenters. The molecule has 1 heterocycles. The quantitative estimate of drug-likeness (QED) is 0.908. The van der Waals surface area contributed by atoms with Crippen molar-refractivity contribution in [1.82, 2.24) is 4.98 Å². The predicted octanol–water partition coefficient (Wildman–Crippen LogP) is 3.89. The Hall–Kier alpha value is -1.09. The van der Waals surface area contributed by atoms with E-state index in [9.17, 15) is 0 Å². The normalized spacial score (nSPS) is 12.4. The van der Waals surface area contributed by atoms with Crippen LogP contribution in [0.25, 0.3) is 0 Å². The van der Waals surface area contributed by atoms with Crippen LogP contribution in [0.1, 0.15) is 17.5 Å². The van der Waals surface area contributed by atoms with Gasteiger partial charge in [-0.1, -0.05) is 29.3 Å². The molecule has 100 valence electrons. The highest BCUT2D eigenvalue weighted by molar-refractivity contribution is 6.33. The summed E-state index contributed by atoms with van der Waals surface area (Å²) in [6.45, 7) is 0. The maximum atomic E-state index is 6.15. The lowest BCUT2D eigenvalue weighted by atomic mass is 10.0. The van der Waals surface area contributed by atoms with E-state index < -0.39 is 0 Å². The molecule has 0 amide bonds. The molecule has 1 aromatic heterocycles. The van der Waals surface area contributed by atoms with Gasteiger partial charge in [0.1, 0.15) is 0 Å². The Balaban J connectivity index is 1.90. The van der Waals surface area contributed by atoms with Crippen molar-refractivity contribution in [2.45, 2.75) is 25.3 Å². The number of pyridine rings is 1. The second-order valence-electron chi connectivity index (χ2n) is 4.60. The van der Waals surface area contributed by atoms with Crippen molar-refractivity contribution in [1.29, 1.82) is 0 Å². The van der Waals surface area contributed by atoms with Gasteiger partial charge in [0.25, 0.3) is 0 Å². The van der Waals surface area contributed by atoms with E-state index in [2.05, 4.69) is 11.1 Å². The van der Waals surface area contributed by atoms with E-state index in [0.717, 1.165) is 29.8 Å². The molecule has 0 saturated heterocycles. The Morgan fingerprint density at radius 3 is 2.79 bits per heavy atom. The summed E-state index contributed by atoms with van der Waals surface area (Å²) in [5.41, 5.74) is 8.36. The first-order valence-electron chi connectivity index (χ1n) is 6.23. The third kappa shape index (κ3) is 4.50. The monoisotopic (exact) mass is 294 g/mol. The van der Waals surface area contributed by atoms with Gasteiger partial charge < -0.3 is 5.73 Å². The summed E-state index contributed by atoms with van der Waals surface area (Å²) in [6, 6.07) is 9.55. The second kappa shape index (κ2) is 6.90. The van der Waals surface area contributed by atoms with Crippen LogP contribution in [0.3, 0.4) is 0 Å². The van der Waals surface area contributed by atoms with E-state index in [1.165, 1.54) is 5.56 Å². The number of halogens is 2. The lowest BCUT2D eigenvalue weighted by molar-refractivity contribution is 0.610. The minimum atomic E-state index is 0.0659. The minimum absolute atomic E-state index is 0.0659. The standard InChI is InChI=1S/C15H16Cl2N2/c16-13-4-6-15(17)12(8-13)9-14(18)5-3-11-2-1-7-19-10-11/h1-2,4,6-8,10,14H,3,5,9,18H2. The van der Waals surface area contributed by atoms with Crippen molar-refractivity contribution in [3.05, 3.63) is 63.9 Å². The van der Waals surface area contributed by atoms with Crippen molar-refractivity contribution in [2.75, 3.05) is 0 Å². The number of nitrogens with two attached hydrogens (primary N) is 1. The molecule has 1 unspecified atom stereocenters. The lowest BCUT2D eigenvalue weighted by Crippen LogP contribution is -2.23. The highest BCUT2D eigenvalue weighted by Crippen LogP contribution is 2.22. The largest absolute Gasteiger partial charge is 0.327 e. The van der Waals surface area contributed by atoms with Crippen molar-refractivity contribution in [3.8, 4) is 0 Å². The average Bonchev–Trinajstić information content (AvgIpc) is 2.42. The van der Waals surface area contributed by atoms with E-state index in [-0.39, 0.29) is 6.04 Å². The Morgan fingerprint density at radius 2 is 2.05 bits per heavy atom. The van der Waals surface area contributed by atoms with Crippen molar-refractivity contribution in [2.24, 2.45) is 5.73 Å². The minimum Gasteiger partial charge on any atom is -0.327 e. The zero-order chi connectivity index (χ0) is 13.7. The van der Waals surface area contributed by atoms with Crippen molar-refractivity contribution in [3.63, 3.8) is 0 Å². The molecule has 0 aliphatic carbocycles. The number of hydrogen-bond acceptors (Lipinski definition) is 2. The SMILES string of the molecule is NC(CCc1cccnc1)Cc1cc(Cl)ccc1Cl. The highest BCUT2D eigenvalue weighted by Gasteiger charge is 2.08. The van der Waals surface area contributed by atoms with Gasteiger partial charge in [-0.25, -0.2) is 0 Å². The molecule has 4 heteroatoms. The fourth-order valence-electron chi connectivity index (χ4n) is 1.98. The Kier molecular flexibility index (Phi) is 5.20. The molecule has 0 spiro atoms. The zero-order valence-electron chi connectivity index (χ0n) is 10.5. The molecule has 2 aromatic rings. The van der Waals surface area contributed by atoms with E-state index in [4.69, 9.17) is 28.9 Å². The fourth-order valence-corrected chi connectivity index (χ4v) is 2.37. The molecular formula is C15H16Cl2N2. The van der Waals surface area contributed by atoms with Crippen LogP contribution in [0.15, 0.2) is 42.7 Å². The molecule has 0 fully saturated rings. The molecular weight excluding hydrogens is 279 g/mol.